The van der Waals surface area contributed by atoms with Gasteiger partial charge in [0.25, 0.3) is 0 Å². The first-order valence-corrected chi connectivity index (χ1v) is 6.39. The standard InChI is InChI=1S/C13H11N3OS/c17-13(12-2-1-7-18-12)10-3-5-11(6-4-10)16-9-14-8-15-16/h1-9,13,17H. The van der Waals surface area contributed by atoms with Crippen molar-refractivity contribution in [1.29, 1.82) is 0 Å². The molecule has 18 heavy (non-hydrogen) atoms. The maximum absolute atomic E-state index is 10.2. The minimum Gasteiger partial charge on any atom is -0.383 e. The van der Waals surface area contributed by atoms with Gasteiger partial charge < -0.3 is 5.11 Å². The number of aromatic nitrogens is 3. The van der Waals surface area contributed by atoms with Crippen molar-refractivity contribution in [2.75, 3.05) is 0 Å². The molecule has 0 saturated carbocycles. The van der Waals surface area contributed by atoms with Gasteiger partial charge in [0.2, 0.25) is 0 Å². The zero-order chi connectivity index (χ0) is 12.4. The zero-order valence-corrected chi connectivity index (χ0v) is 10.3. The van der Waals surface area contributed by atoms with Gasteiger partial charge in [-0.25, -0.2) is 9.67 Å². The Labute approximate surface area is 108 Å². The Bertz CT molecular complexity index is 602. The highest BCUT2D eigenvalue weighted by atomic mass is 32.1. The van der Waals surface area contributed by atoms with Crippen LogP contribution in [-0.4, -0.2) is 19.9 Å². The van der Waals surface area contributed by atoms with E-state index in [-0.39, 0.29) is 0 Å². The molecule has 1 aromatic carbocycles. The molecule has 1 atom stereocenters. The molecule has 0 aliphatic carbocycles. The number of aliphatic hydroxyl groups is 1. The summed E-state index contributed by atoms with van der Waals surface area (Å²) >= 11 is 1.55. The highest BCUT2D eigenvalue weighted by Crippen LogP contribution is 2.26. The summed E-state index contributed by atoms with van der Waals surface area (Å²) in [5.41, 5.74) is 1.80. The highest BCUT2D eigenvalue weighted by molar-refractivity contribution is 7.10. The van der Waals surface area contributed by atoms with Crippen LogP contribution in [0.5, 0.6) is 0 Å². The number of hydrogen-bond donors (Lipinski definition) is 1. The Hall–Kier alpha value is -1.98. The van der Waals surface area contributed by atoms with Gasteiger partial charge in [-0.1, -0.05) is 18.2 Å². The Kier molecular flexibility index (Phi) is 2.92. The van der Waals surface area contributed by atoms with E-state index in [9.17, 15) is 5.11 Å². The molecule has 0 saturated heterocycles. The van der Waals surface area contributed by atoms with Crippen LogP contribution in [0.25, 0.3) is 5.69 Å². The SMILES string of the molecule is OC(c1ccc(-n2cncn2)cc1)c1cccs1. The Balaban J connectivity index is 1.87. The van der Waals surface area contributed by atoms with E-state index in [1.165, 1.54) is 6.33 Å². The molecule has 0 spiro atoms. The average Bonchev–Trinajstić information content (AvgIpc) is 3.11. The first kappa shape index (κ1) is 11.1. The minimum atomic E-state index is -0.560. The number of rotatable bonds is 3. The van der Waals surface area contributed by atoms with Gasteiger partial charge in [-0.3, -0.25) is 0 Å². The van der Waals surface area contributed by atoms with Crippen molar-refractivity contribution < 1.29 is 5.11 Å². The third kappa shape index (κ3) is 2.05. The number of thiophene rings is 1. The van der Waals surface area contributed by atoms with Crippen LogP contribution in [0.4, 0.5) is 0 Å². The highest BCUT2D eigenvalue weighted by Gasteiger charge is 2.11. The monoisotopic (exact) mass is 257 g/mol. The number of benzene rings is 1. The van der Waals surface area contributed by atoms with Crippen molar-refractivity contribution in [2.45, 2.75) is 6.10 Å². The third-order valence-corrected chi connectivity index (χ3v) is 3.63. The summed E-state index contributed by atoms with van der Waals surface area (Å²) in [6.07, 6.45) is 2.58. The lowest BCUT2D eigenvalue weighted by atomic mass is 10.1. The van der Waals surface area contributed by atoms with Crippen LogP contribution in [0.3, 0.4) is 0 Å². The number of nitrogens with zero attached hydrogens (tertiary/aromatic N) is 3. The normalized spacial score (nSPS) is 12.5. The van der Waals surface area contributed by atoms with Gasteiger partial charge in [-0.2, -0.15) is 5.10 Å². The summed E-state index contributed by atoms with van der Waals surface area (Å²) in [6, 6.07) is 11.5. The second-order valence-corrected chi connectivity index (χ2v) is 4.83. The topological polar surface area (TPSA) is 50.9 Å². The Morgan fingerprint density at radius 1 is 1.17 bits per heavy atom. The second-order valence-electron chi connectivity index (χ2n) is 3.85. The molecule has 0 aliphatic heterocycles. The molecule has 2 aromatic heterocycles. The fourth-order valence-electron chi connectivity index (χ4n) is 1.76. The van der Waals surface area contributed by atoms with E-state index in [1.54, 1.807) is 22.3 Å². The lowest BCUT2D eigenvalue weighted by molar-refractivity contribution is 0.224. The number of aliphatic hydroxyl groups excluding tert-OH is 1. The molecule has 0 radical (unpaired) electrons. The summed E-state index contributed by atoms with van der Waals surface area (Å²) in [7, 11) is 0. The summed E-state index contributed by atoms with van der Waals surface area (Å²) in [5, 5.41) is 16.2. The van der Waals surface area contributed by atoms with E-state index < -0.39 is 6.10 Å². The first-order chi connectivity index (χ1) is 8.84. The van der Waals surface area contributed by atoms with Crippen LogP contribution in [0.15, 0.2) is 54.4 Å². The van der Waals surface area contributed by atoms with Gasteiger partial charge >= 0.3 is 0 Å². The second kappa shape index (κ2) is 4.72. The fourth-order valence-corrected chi connectivity index (χ4v) is 2.50. The van der Waals surface area contributed by atoms with E-state index in [0.29, 0.717) is 0 Å². The van der Waals surface area contributed by atoms with Crippen molar-refractivity contribution >= 4 is 11.3 Å². The van der Waals surface area contributed by atoms with E-state index in [0.717, 1.165) is 16.1 Å². The van der Waals surface area contributed by atoms with Crippen LogP contribution >= 0.6 is 11.3 Å². The first-order valence-electron chi connectivity index (χ1n) is 5.51. The lowest BCUT2D eigenvalue weighted by Gasteiger charge is -2.09. The fraction of sp³-hybridized carbons (Fsp3) is 0.0769. The molecule has 0 bridgehead atoms. The maximum Gasteiger partial charge on any atom is 0.138 e. The quantitative estimate of drug-likeness (QED) is 0.784. The lowest BCUT2D eigenvalue weighted by Crippen LogP contribution is -1.99. The van der Waals surface area contributed by atoms with Gasteiger partial charge in [0.15, 0.2) is 0 Å². The van der Waals surface area contributed by atoms with E-state index >= 15 is 0 Å². The summed E-state index contributed by atoms with van der Waals surface area (Å²) < 4.78 is 1.68. The molecule has 0 amide bonds. The molecular weight excluding hydrogens is 246 g/mol. The van der Waals surface area contributed by atoms with Crippen LogP contribution < -0.4 is 0 Å². The van der Waals surface area contributed by atoms with Gasteiger partial charge in [0.1, 0.15) is 18.8 Å². The van der Waals surface area contributed by atoms with Crippen LogP contribution in [0.2, 0.25) is 0 Å². The largest absolute Gasteiger partial charge is 0.383 e. The Morgan fingerprint density at radius 3 is 2.61 bits per heavy atom. The van der Waals surface area contributed by atoms with Crippen molar-refractivity contribution in [1.82, 2.24) is 14.8 Å². The summed E-state index contributed by atoms with van der Waals surface area (Å²) in [6.45, 7) is 0. The average molecular weight is 257 g/mol. The molecule has 90 valence electrons. The van der Waals surface area contributed by atoms with Gasteiger partial charge in [-0.05, 0) is 29.1 Å². The van der Waals surface area contributed by atoms with Crippen molar-refractivity contribution in [2.24, 2.45) is 0 Å². The van der Waals surface area contributed by atoms with Crippen LogP contribution in [0, 0.1) is 0 Å². The predicted octanol–water partition coefficient (Wildman–Crippen LogP) is 2.41. The van der Waals surface area contributed by atoms with Crippen LogP contribution in [0.1, 0.15) is 16.5 Å². The van der Waals surface area contributed by atoms with E-state index in [2.05, 4.69) is 10.1 Å². The van der Waals surface area contributed by atoms with Gasteiger partial charge in [0, 0.05) is 4.88 Å². The molecule has 4 nitrogen and oxygen atoms in total. The molecule has 3 aromatic rings. The molecular formula is C13H11N3OS. The van der Waals surface area contributed by atoms with Gasteiger partial charge in [0.05, 0.1) is 5.69 Å². The predicted molar refractivity (Wildman–Crippen MR) is 69.7 cm³/mol. The molecule has 0 fully saturated rings. The molecule has 0 aliphatic rings. The molecule has 3 rings (SSSR count). The zero-order valence-electron chi connectivity index (χ0n) is 9.47. The van der Waals surface area contributed by atoms with E-state index in [1.807, 2.05) is 41.8 Å². The van der Waals surface area contributed by atoms with E-state index in [4.69, 9.17) is 0 Å². The molecule has 1 unspecified atom stereocenters. The van der Waals surface area contributed by atoms with Crippen molar-refractivity contribution in [3.8, 4) is 5.69 Å². The van der Waals surface area contributed by atoms with Crippen molar-refractivity contribution in [3.63, 3.8) is 0 Å². The summed E-state index contributed by atoms with van der Waals surface area (Å²) in [4.78, 5) is 4.85. The summed E-state index contributed by atoms with van der Waals surface area (Å²) in [5.74, 6) is 0. The van der Waals surface area contributed by atoms with Crippen LogP contribution in [-0.2, 0) is 0 Å². The smallest absolute Gasteiger partial charge is 0.138 e. The molecule has 1 N–H and O–H groups in total. The third-order valence-electron chi connectivity index (χ3n) is 2.70. The molecule has 5 heteroatoms. The minimum absolute atomic E-state index is 0.560. The van der Waals surface area contributed by atoms with Crippen molar-refractivity contribution in [3.05, 3.63) is 64.9 Å². The maximum atomic E-state index is 10.2. The van der Waals surface area contributed by atoms with Gasteiger partial charge in [-0.15, -0.1) is 11.3 Å². The molecule has 2 heterocycles. The number of hydrogen-bond acceptors (Lipinski definition) is 4. The Morgan fingerprint density at radius 2 is 2.00 bits per heavy atom.